The second-order valence-corrected chi connectivity index (χ2v) is 9.86. The van der Waals surface area contributed by atoms with Gasteiger partial charge in [0.1, 0.15) is 6.04 Å². The van der Waals surface area contributed by atoms with Gasteiger partial charge in [-0.15, -0.1) is 0 Å². The Hall–Kier alpha value is -1.31. The van der Waals surface area contributed by atoms with Crippen LogP contribution in [0.4, 0.5) is 0 Å². The fourth-order valence-electron chi connectivity index (χ4n) is 3.58. The molecule has 2 heterocycles. The average molecular weight is 419 g/mol. The number of carbonyl (C=O) groups excluding carboxylic acids is 2. The molecular weight excluding hydrogens is 399 g/mol. The molecule has 0 saturated carbocycles. The number of sulfone groups is 1. The summed E-state index contributed by atoms with van der Waals surface area (Å²) >= 11 is 12.1. The Morgan fingerprint density at radius 1 is 1.23 bits per heavy atom. The largest absolute Gasteiger partial charge is 0.340 e. The summed E-state index contributed by atoms with van der Waals surface area (Å²) in [6, 6.07) is 3.71. The van der Waals surface area contributed by atoms with Crippen LogP contribution in [-0.2, 0) is 14.6 Å². The van der Waals surface area contributed by atoms with E-state index < -0.39 is 15.9 Å². The quantitative estimate of drug-likeness (QED) is 0.753. The van der Waals surface area contributed by atoms with E-state index in [4.69, 9.17) is 23.2 Å². The van der Waals surface area contributed by atoms with E-state index in [0.29, 0.717) is 30.8 Å². The Kier molecular flexibility index (Phi) is 5.51. The summed E-state index contributed by atoms with van der Waals surface area (Å²) in [7, 11) is -1.48. The van der Waals surface area contributed by atoms with E-state index in [0.717, 1.165) is 0 Å². The molecule has 0 bridgehead atoms. The highest BCUT2D eigenvalue weighted by Gasteiger charge is 2.40. The van der Waals surface area contributed by atoms with Crippen LogP contribution in [0.2, 0.25) is 10.0 Å². The first kappa shape index (κ1) is 19.5. The number of carbonyl (C=O) groups is 2. The number of rotatable bonds is 3. The van der Waals surface area contributed by atoms with Gasteiger partial charge in [0.25, 0.3) is 5.91 Å². The normalized spacial score (nSPS) is 24.7. The third-order valence-electron chi connectivity index (χ3n) is 5.06. The highest BCUT2D eigenvalue weighted by molar-refractivity contribution is 7.91. The van der Waals surface area contributed by atoms with Gasteiger partial charge in [-0.1, -0.05) is 23.2 Å². The first-order valence-electron chi connectivity index (χ1n) is 8.43. The molecule has 0 N–H and O–H groups in total. The first-order chi connectivity index (χ1) is 12.2. The van der Waals surface area contributed by atoms with Crippen LogP contribution < -0.4 is 0 Å². The van der Waals surface area contributed by atoms with Gasteiger partial charge in [-0.25, -0.2) is 8.42 Å². The van der Waals surface area contributed by atoms with Crippen molar-refractivity contribution in [3.05, 3.63) is 33.8 Å². The molecule has 1 aromatic carbocycles. The van der Waals surface area contributed by atoms with Gasteiger partial charge in [0.05, 0.1) is 22.1 Å². The van der Waals surface area contributed by atoms with Crippen LogP contribution in [0.3, 0.4) is 0 Å². The molecule has 2 saturated heterocycles. The average Bonchev–Trinajstić information content (AvgIpc) is 3.21. The van der Waals surface area contributed by atoms with Crippen molar-refractivity contribution in [2.24, 2.45) is 0 Å². The zero-order valence-electron chi connectivity index (χ0n) is 14.3. The summed E-state index contributed by atoms with van der Waals surface area (Å²) in [4.78, 5) is 28.8. The van der Waals surface area contributed by atoms with Crippen molar-refractivity contribution in [1.29, 1.82) is 0 Å². The number of likely N-dealkylation sites (N-methyl/N-ethyl adjacent to an activating group) is 1. The van der Waals surface area contributed by atoms with Gasteiger partial charge in [0, 0.05) is 24.7 Å². The standard InChI is InChI=1S/C17H20Cl2N2O4S/c1-20(12-6-8-26(24,25)10-12)17(23)15-3-2-7-21(15)16(22)13-9-11(18)4-5-14(13)19/h4-5,9,12,15H,2-3,6-8,10H2,1H3/t12-,15+/m1/s1. The lowest BCUT2D eigenvalue weighted by molar-refractivity contribution is -0.135. The molecule has 2 aliphatic rings. The van der Waals surface area contributed by atoms with E-state index in [1.54, 1.807) is 19.2 Å². The van der Waals surface area contributed by atoms with Crippen LogP contribution in [0.25, 0.3) is 0 Å². The van der Waals surface area contributed by atoms with Crippen molar-refractivity contribution in [2.75, 3.05) is 25.1 Å². The van der Waals surface area contributed by atoms with E-state index in [9.17, 15) is 18.0 Å². The predicted octanol–water partition coefficient (Wildman–Crippen LogP) is 2.24. The summed E-state index contributed by atoms with van der Waals surface area (Å²) < 4.78 is 23.4. The number of amides is 2. The second-order valence-electron chi connectivity index (χ2n) is 6.79. The molecule has 0 aromatic heterocycles. The maximum atomic E-state index is 12.9. The van der Waals surface area contributed by atoms with Gasteiger partial charge in [0.15, 0.2) is 9.84 Å². The molecule has 1 aromatic rings. The van der Waals surface area contributed by atoms with Gasteiger partial charge in [-0.3, -0.25) is 9.59 Å². The Morgan fingerprint density at radius 3 is 2.62 bits per heavy atom. The van der Waals surface area contributed by atoms with Crippen LogP contribution in [0, 0.1) is 0 Å². The van der Waals surface area contributed by atoms with E-state index in [1.165, 1.54) is 15.9 Å². The number of hydrogen-bond acceptors (Lipinski definition) is 4. The topological polar surface area (TPSA) is 74.8 Å². The fourth-order valence-corrected chi connectivity index (χ4v) is 5.72. The van der Waals surface area contributed by atoms with E-state index >= 15 is 0 Å². The first-order valence-corrected chi connectivity index (χ1v) is 11.0. The number of halogens is 2. The SMILES string of the molecule is CN(C(=O)[C@@H]1CCCN1C(=O)c1cc(Cl)ccc1Cl)[C@@H]1CCS(=O)(=O)C1. The van der Waals surface area contributed by atoms with E-state index in [-0.39, 0.29) is 39.9 Å². The highest BCUT2D eigenvalue weighted by Crippen LogP contribution is 2.28. The zero-order chi connectivity index (χ0) is 19.1. The van der Waals surface area contributed by atoms with Crippen molar-refractivity contribution in [3.63, 3.8) is 0 Å². The molecule has 0 unspecified atom stereocenters. The lowest BCUT2D eigenvalue weighted by Gasteiger charge is -2.31. The predicted molar refractivity (Wildman–Crippen MR) is 100 cm³/mol. The van der Waals surface area contributed by atoms with E-state index in [2.05, 4.69) is 0 Å². The van der Waals surface area contributed by atoms with Crippen LogP contribution >= 0.6 is 23.2 Å². The smallest absolute Gasteiger partial charge is 0.256 e. The Morgan fingerprint density at radius 2 is 1.96 bits per heavy atom. The van der Waals surface area contributed by atoms with Crippen molar-refractivity contribution in [3.8, 4) is 0 Å². The zero-order valence-corrected chi connectivity index (χ0v) is 16.6. The second kappa shape index (κ2) is 7.37. The van der Waals surface area contributed by atoms with Crippen LogP contribution in [0.15, 0.2) is 18.2 Å². The van der Waals surface area contributed by atoms with Crippen LogP contribution in [0.1, 0.15) is 29.6 Å². The summed E-state index contributed by atoms with van der Waals surface area (Å²) in [5.74, 6) is -0.478. The third kappa shape index (κ3) is 3.85. The van der Waals surface area contributed by atoms with Crippen molar-refractivity contribution in [2.45, 2.75) is 31.3 Å². The lowest BCUT2D eigenvalue weighted by atomic mass is 10.1. The Balaban J connectivity index is 1.78. The van der Waals surface area contributed by atoms with Gasteiger partial charge >= 0.3 is 0 Å². The number of likely N-dealkylation sites (tertiary alicyclic amines) is 1. The molecule has 9 heteroatoms. The van der Waals surface area contributed by atoms with Crippen LogP contribution in [0.5, 0.6) is 0 Å². The monoisotopic (exact) mass is 418 g/mol. The highest BCUT2D eigenvalue weighted by atomic mass is 35.5. The third-order valence-corrected chi connectivity index (χ3v) is 7.38. The van der Waals surface area contributed by atoms with Crippen molar-refractivity contribution >= 4 is 44.9 Å². The molecule has 0 radical (unpaired) electrons. The maximum absolute atomic E-state index is 12.9. The van der Waals surface area contributed by atoms with Crippen molar-refractivity contribution < 1.29 is 18.0 Å². The molecule has 3 rings (SSSR count). The minimum absolute atomic E-state index is 0.0178. The lowest BCUT2D eigenvalue weighted by Crippen LogP contribution is -2.50. The molecule has 2 fully saturated rings. The molecular formula is C17H20Cl2N2O4S. The minimum atomic E-state index is -3.09. The summed E-state index contributed by atoms with van der Waals surface area (Å²) in [6.07, 6.45) is 1.69. The Bertz CT molecular complexity index is 843. The van der Waals surface area contributed by atoms with Crippen molar-refractivity contribution in [1.82, 2.24) is 9.80 Å². The van der Waals surface area contributed by atoms with E-state index in [1.807, 2.05) is 0 Å². The Labute approximate surface area is 163 Å². The van der Waals surface area contributed by atoms with Gasteiger partial charge in [-0.05, 0) is 37.5 Å². The van der Waals surface area contributed by atoms with Gasteiger partial charge < -0.3 is 9.80 Å². The molecule has 26 heavy (non-hydrogen) atoms. The molecule has 0 aliphatic carbocycles. The van der Waals surface area contributed by atoms with Gasteiger partial charge in [-0.2, -0.15) is 0 Å². The molecule has 2 atom stereocenters. The maximum Gasteiger partial charge on any atom is 0.256 e. The number of nitrogens with zero attached hydrogens (tertiary/aromatic N) is 2. The molecule has 0 spiro atoms. The summed E-state index contributed by atoms with van der Waals surface area (Å²) in [5, 5.41) is 0.681. The molecule has 2 amide bonds. The number of hydrogen-bond donors (Lipinski definition) is 0. The number of benzene rings is 1. The molecule has 6 nitrogen and oxygen atoms in total. The molecule has 2 aliphatic heterocycles. The summed E-state index contributed by atoms with van der Waals surface area (Å²) in [6.45, 7) is 0.453. The summed E-state index contributed by atoms with van der Waals surface area (Å²) in [5.41, 5.74) is 0.268. The minimum Gasteiger partial charge on any atom is -0.340 e. The van der Waals surface area contributed by atoms with Gasteiger partial charge in [0.2, 0.25) is 5.91 Å². The van der Waals surface area contributed by atoms with Crippen LogP contribution in [-0.4, -0.2) is 67.2 Å². The molecule has 142 valence electrons. The fraction of sp³-hybridized carbons (Fsp3) is 0.529.